The van der Waals surface area contributed by atoms with Crippen LogP contribution in [0.5, 0.6) is 5.75 Å². The number of ether oxygens (including phenoxy) is 1. The van der Waals surface area contributed by atoms with Crippen molar-refractivity contribution in [2.45, 2.75) is 6.92 Å². The highest BCUT2D eigenvalue weighted by molar-refractivity contribution is 9.10. The number of aromatic amines is 1. The Labute approximate surface area is 142 Å². The smallest absolute Gasteiger partial charge is 0.129 e. The number of allylic oxidation sites excluding steroid dienone is 1. The summed E-state index contributed by atoms with van der Waals surface area (Å²) in [6.45, 7) is 2.49. The first-order chi connectivity index (χ1) is 11.2. The molecule has 23 heavy (non-hydrogen) atoms. The molecule has 0 spiro atoms. The molecular weight excluding hydrogens is 354 g/mol. The predicted octanol–water partition coefficient (Wildman–Crippen LogP) is 4.79. The van der Waals surface area contributed by atoms with Gasteiger partial charge in [0.25, 0.3) is 0 Å². The van der Waals surface area contributed by atoms with Gasteiger partial charge in [0.2, 0.25) is 0 Å². The number of pyridine rings is 1. The van der Waals surface area contributed by atoms with Crippen LogP contribution in [0, 0.1) is 11.3 Å². The number of rotatable bonds is 4. The molecule has 0 aliphatic heterocycles. The van der Waals surface area contributed by atoms with Crippen LogP contribution in [0.3, 0.4) is 0 Å². The molecule has 0 saturated carbocycles. The Balaban J connectivity index is 2.12. The fourth-order valence-corrected chi connectivity index (χ4v) is 2.79. The Kier molecular flexibility index (Phi) is 4.45. The zero-order valence-electron chi connectivity index (χ0n) is 12.5. The van der Waals surface area contributed by atoms with Gasteiger partial charge in [0.1, 0.15) is 5.75 Å². The maximum Gasteiger partial charge on any atom is 0.129 e. The van der Waals surface area contributed by atoms with Gasteiger partial charge in [0.05, 0.1) is 18.2 Å². The van der Waals surface area contributed by atoms with Gasteiger partial charge >= 0.3 is 0 Å². The first kappa shape index (κ1) is 15.3. The van der Waals surface area contributed by atoms with Crippen LogP contribution in [-0.4, -0.2) is 16.6 Å². The van der Waals surface area contributed by atoms with Crippen LogP contribution in [0.15, 0.2) is 47.3 Å². The topological polar surface area (TPSA) is 61.7 Å². The van der Waals surface area contributed by atoms with Gasteiger partial charge in [0, 0.05) is 45.1 Å². The van der Waals surface area contributed by atoms with E-state index in [1.54, 1.807) is 18.5 Å². The fraction of sp³-hybridized carbons (Fsp3) is 0.111. The SMILES string of the molecule is CCOc1ccncc1/C=C(\C#N)c1c[nH]c2ccc(Br)cc12. The second-order valence-corrected chi connectivity index (χ2v) is 5.82. The zero-order valence-corrected chi connectivity index (χ0v) is 14.1. The van der Waals surface area contributed by atoms with E-state index in [9.17, 15) is 5.26 Å². The van der Waals surface area contributed by atoms with E-state index < -0.39 is 0 Å². The minimum Gasteiger partial charge on any atom is -0.493 e. The predicted molar refractivity (Wildman–Crippen MR) is 94.9 cm³/mol. The lowest BCUT2D eigenvalue weighted by Crippen LogP contribution is -1.94. The highest BCUT2D eigenvalue weighted by Crippen LogP contribution is 2.30. The molecule has 4 nitrogen and oxygen atoms in total. The van der Waals surface area contributed by atoms with Gasteiger partial charge in [-0.2, -0.15) is 5.26 Å². The molecule has 0 aliphatic carbocycles. The van der Waals surface area contributed by atoms with Crippen LogP contribution >= 0.6 is 15.9 Å². The molecule has 1 N–H and O–H groups in total. The van der Waals surface area contributed by atoms with E-state index >= 15 is 0 Å². The summed E-state index contributed by atoms with van der Waals surface area (Å²) in [6.07, 6.45) is 7.04. The summed E-state index contributed by atoms with van der Waals surface area (Å²) in [5, 5.41) is 10.6. The summed E-state index contributed by atoms with van der Waals surface area (Å²) in [7, 11) is 0. The van der Waals surface area contributed by atoms with E-state index in [0.717, 1.165) is 32.3 Å². The van der Waals surface area contributed by atoms with Gasteiger partial charge in [-0.1, -0.05) is 15.9 Å². The lowest BCUT2D eigenvalue weighted by atomic mass is 10.0. The molecular formula is C18H14BrN3O. The second-order valence-electron chi connectivity index (χ2n) is 4.91. The molecule has 0 bridgehead atoms. The molecule has 2 heterocycles. The van der Waals surface area contributed by atoms with Gasteiger partial charge in [0.15, 0.2) is 0 Å². The average molecular weight is 368 g/mol. The number of nitriles is 1. The van der Waals surface area contributed by atoms with E-state index in [2.05, 4.69) is 32.0 Å². The standard InChI is InChI=1S/C18H14BrN3O/c1-2-23-18-5-6-21-10-13(18)7-12(9-20)16-11-22-17-4-3-14(19)8-15(16)17/h3-8,10-11,22H,2H2,1H3/b12-7+. The van der Waals surface area contributed by atoms with Gasteiger partial charge in [-0.15, -0.1) is 0 Å². The number of hydrogen-bond donors (Lipinski definition) is 1. The van der Waals surface area contributed by atoms with Crippen molar-refractivity contribution in [1.29, 1.82) is 5.26 Å². The minimum absolute atomic E-state index is 0.559. The maximum atomic E-state index is 9.60. The highest BCUT2D eigenvalue weighted by atomic mass is 79.9. The molecule has 0 amide bonds. The first-order valence-electron chi connectivity index (χ1n) is 7.18. The molecule has 0 atom stereocenters. The maximum absolute atomic E-state index is 9.60. The Morgan fingerprint density at radius 2 is 2.30 bits per heavy atom. The number of aromatic nitrogens is 2. The zero-order chi connectivity index (χ0) is 16.2. The van der Waals surface area contributed by atoms with Crippen molar-refractivity contribution >= 4 is 38.5 Å². The normalized spacial score (nSPS) is 11.4. The highest BCUT2D eigenvalue weighted by Gasteiger charge is 2.10. The lowest BCUT2D eigenvalue weighted by molar-refractivity contribution is 0.339. The molecule has 0 aliphatic rings. The third kappa shape index (κ3) is 3.13. The van der Waals surface area contributed by atoms with Gasteiger partial charge in [-0.25, -0.2) is 0 Å². The van der Waals surface area contributed by atoms with Gasteiger partial charge in [-0.05, 0) is 37.3 Å². The number of halogens is 1. The monoisotopic (exact) mass is 367 g/mol. The summed E-state index contributed by atoms with van der Waals surface area (Å²) in [6, 6.07) is 10.0. The van der Waals surface area contributed by atoms with E-state index in [1.165, 1.54) is 0 Å². The lowest BCUT2D eigenvalue weighted by Gasteiger charge is -2.06. The summed E-state index contributed by atoms with van der Waals surface area (Å²) in [4.78, 5) is 7.32. The number of benzene rings is 1. The minimum atomic E-state index is 0.559. The summed E-state index contributed by atoms with van der Waals surface area (Å²) < 4.78 is 6.57. The van der Waals surface area contributed by atoms with Crippen LogP contribution in [0.25, 0.3) is 22.6 Å². The largest absolute Gasteiger partial charge is 0.493 e. The van der Waals surface area contributed by atoms with Crippen LogP contribution in [0.2, 0.25) is 0 Å². The van der Waals surface area contributed by atoms with Crippen molar-refractivity contribution in [2.75, 3.05) is 6.61 Å². The number of nitrogens with zero attached hydrogens (tertiary/aromatic N) is 2. The molecule has 3 aromatic rings. The average Bonchev–Trinajstić information content (AvgIpc) is 2.97. The number of H-pyrrole nitrogens is 1. The summed E-state index contributed by atoms with van der Waals surface area (Å²) >= 11 is 3.48. The Morgan fingerprint density at radius 3 is 3.09 bits per heavy atom. The van der Waals surface area contributed by atoms with Crippen LogP contribution in [0.1, 0.15) is 18.1 Å². The molecule has 0 radical (unpaired) electrons. The molecule has 114 valence electrons. The van der Waals surface area contributed by atoms with E-state index in [0.29, 0.717) is 12.2 Å². The van der Waals surface area contributed by atoms with Crippen molar-refractivity contribution in [3.63, 3.8) is 0 Å². The van der Waals surface area contributed by atoms with Crippen molar-refractivity contribution in [3.05, 3.63) is 58.5 Å². The molecule has 0 unspecified atom stereocenters. The molecule has 3 rings (SSSR count). The van der Waals surface area contributed by atoms with Gasteiger partial charge < -0.3 is 9.72 Å². The summed E-state index contributed by atoms with van der Waals surface area (Å²) in [5.41, 5.74) is 3.19. The number of fused-ring (bicyclic) bond motifs is 1. The molecule has 1 aromatic carbocycles. The van der Waals surface area contributed by atoms with Crippen molar-refractivity contribution in [1.82, 2.24) is 9.97 Å². The van der Waals surface area contributed by atoms with Crippen LogP contribution in [-0.2, 0) is 0 Å². The Morgan fingerprint density at radius 1 is 1.43 bits per heavy atom. The van der Waals surface area contributed by atoms with Crippen LogP contribution < -0.4 is 4.74 Å². The van der Waals surface area contributed by atoms with E-state index in [1.807, 2.05) is 37.4 Å². The van der Waals surface area contributed by atoms with Crippen molar-refractivity contribution < 1.29 is 4.74 Å². The molecule has 0 saturated heterocycles. The fourth-order valence-electron chi connectivity index (χ4n) is 2.43. The number of hydrogen-bond acceptors (Lipinski definition) is 3. The quantitative estimate of drug-likeness (QED) is 0.674. The van der Waals surface area contributed by atoms with E-state index in [-0.39, 0.29) is 0 Å². The number of nitrogens with one attached hydrogen (secondary N) is 1. The van der Waals surface area contributed by atoms with Crippen LogP contribution in [0.4, 0.5) is 0 Å². The van der Waals surface area contributed by atoms with E-state index in [4.69, 9.17) is 4.74 Å². The molecule has 5 heteroatoms. The van der Waals surface area contributed by atoms with Crippen molar-refractivity contribution in [2.24, 2.45) is 0 Å². The Bertz CT molecular complexity index is 921. The third-order valence-corrected chi connectivity index (χ3v) is 3.96. The molecule has 0 fully saturated rings. The van der Waals surface area contributed by atoms with Gasteiger partial charge in [-0.3, -0.25) is 4.98 Å². The molecule has 2 aromatic heterocycles. The Hall–Kier alpha value is -2.58. The first-order valence-corrected chi connectivity index (χ1v) is 7.98. The summed E-state index contributed by atoms with van der Waals surface area (Å²) in [5.74, 6) is 0.719. The van der Waals surface area contributed by atoms with Crippen molar-refractivity contribution in [3.8, 4) is 11.8 Å². The third-order valence-electron chi connectivity index (χ3n) is 3.46. The second kappa shape index (κ2) is 6.67.